The first-order valence-corrected chi connectivity index (χ1v) is 9.57. The number of halogens is 2. The Labute approximate surface area is 175 Å². The lowest BCUT2D eigenvalue weighted by molar-refractivity contribution is -0.122. The van der Waals surface area contributed by atoms with Crippen molar-refractivity contribution in [3.05, 3.63) is 35.9 Å². The fraction of sp³-hybridized carbons (Fsp3) is 0.650. The molecule has 27 heavy (non-hydrogen) atoms. The number of carbonyl (C=O) groups is 1. The monoisotopic (exact) mass is 417 g/mol. The van der Waals surface area contributed by atoms with E-state index < -0.39 is 0 Å². The number of morpholine rings is 1. The van der Waals surface area contributed by atoms with Gasteiger partial charge < -0.3 is 20.7 Å². The molecule has 2 atom stereocenters. The van der Waals surface area contributed by atoms with E-state index in [0.717, 1.165) is 26.0 Å². The summed E-state index contributed by atoms with van der Waals surface area (Å²) >= 11 is 0. The molecular formula is C20H33Cl2N3O2. The Morgan fingerprint density at radius 3 is 2.59 bits per heavy atom. The first-order valence-electron chi connectivity index (χ1n) is 9.57. The van der Waals surface area contributed by atoms with E-state index in [4.69, 9.17) is 4.74 Å². The van der Waals surface area contributed by atoms with E-state index in [1.165, 1.54) is 18.4 Å². The van der Waals surface area contributed by atoms with Crippen molar-refractivity contribution in [2.24, 2.45) is 0 Å². The van der Waals surface area contributed by atoms with Gasteiger partial charge in [0.05, 0.1) is 13.2 Å². The molecule has 1 amide bonds. The average Bonchev–Trinajstić information content (AvgIpc) is 3.10. The van der Waals surface area contributed by atoms with E-state index in [9.17, 15) is 4.79 Å². The zero-order chi connectivity index (χ0) is 17.5. The van der Waals surface area contributed by atoms with Crippen molar-refractivity contribution >= 4 is 30.7 Å². The van der Waals surface area contributed by atoms with Gasteiger partial charge in [0.2, 0.25) is 5.91 Å². The van der Waals surface area contributed by atoms with E-state index in [-0.39, 0.29) is 48.3 Å². The van der Waals surface area contributed by atoms with Crippen molar-refractivity contribution in [3.8, 4) is 0 Å². The van der Waals surface area contributed by atoms with Gasteiger partial charge in [0.1, 0.15) is 0 Å². The molecule has 1 aromatic carbocycles. The molecule has 1 aliphatic carbocycles. The van der Waals surface area contributed by atoms with Gasteiger partial charge in [0.15, 0.2) is 0 Å². The number of ether oxygens (including phenoxy) is 1. The average molecular weight is 418 g/mol. The third-order valence-electron chi connectivity index (χ3n) is 5.44. The Morgan fingerprint density at radius 1 is 1.26 bits per heavy atom. The summed E-state index contributed by atoms with van der Waals surface area (Å²) in [6.45, 7) is 5.11. The minimum atomic E-state index is 0. The molecule has 1 saturated carbocycles. The molecule has 1 saturated heterocycles. The lowest BCUT2D eigenvalue weighted by Crippen LogP contribution is -2.53. The van der Waals surface area contributed by atoms with Gasteiger partial charge in [-0.3, -0.25) is 4.79 Å². The van der Waals surface area contributed by atoms with Gasteiger partial charge in [-0.15, -0.1) is 24.8 Å². The first kappa shape index (κ1) is 24.2. The molecule has 0 radical (unpaired) electrons. The number of rotatable bonds is 7. The molecule has 2 unspecified atom stereocenters. The highest BCUT2D eigenvalue weighted by Crippen LogP contribution is 2.31. The first-order chi connectivity index (χ1) is 12.2. The summed E-state index contributed by atoms with van der Waals surface area (Å²) in [6, 6.07) is 11.0. The molecule has 1 aliphatic heterocycles. The fourth-order valence-corrected chi connectivity index (χ4v) is 4.02. The van der Waals surface area contributed by atoms with Crippen LogP contribution in [0.25, 0.3) is 0 Å². The van der Waals surface area contributed by atoms with Crippen molar-refractivity contribution in [1.29, 1.82) is 0 Å². The topological polar surface area (TPSA) is 62.4 Å². The number of hydrogen-bond acceptors (Lipinski definition) is 4. The van der Waals surface area contributed by atoms with E-state index in [0.29, 0.717) is 19.6 Å². The zero-order valence-electron chi connectivity index (χ0n) is 16.0. The lowest BCUT2D eigenvalue weighted by Gasteiger charge is -2.34. The number of hydrogen-bond donors (Lipinski definition) is 3. The van der Waals surface area contributed by atoms with Crippen molar-refractivity contribution in [2.45, 2.75) is 56.7 Å². The third kappa shape index (κ3) is 7.24. The van der Waals surface area contributed by atoms with E-state index in [1.807, 2.05) is 6.07 Å². The van der Waals surface area contributed by atoms with Crippen LogP contribution >= 0.6 is 24.8 Å². The molecular weight excluding hydrogens is 385 g/mol. The van der Waals surface area contributed by atoms with Crippen molar-refractivity contribution in [2.75, 3.05) is 26.3 Å². The minimum absolute atomic E-state index is 0. The Kier molecular flexibility index (Phi) is 10.6. The minimum Gasteiger partial charge on any atom is -0.378 e. The highest BCUT2D eigenvalue weighted by atomic mass is 35.5. The molecule has 0 aromatic heterocycles. The Bertz CT molecular complexity index is 547. The number of benzene rings is 1. The van der Waals surface area contributed by atoms with Gasteiger partial charge in [-0.05, 0) is 25.3 Å². The Morgan fingerprint density at radius 2 is 1.96 bits per heavy atom. The Hall–Kier alpha value is -0.850. The van der Waals surface area contributed by atoms with Crippen molar-refractivity contribution < 1.29 is 9.53 Å². The highest BCUT2D eigenvalue weighted by Gasteiger charge is 2.35. The molecule has 2 aliphatic rings. The van der Waals surface area contributed by atoms with Gasteiger partial charge in [-0.2, -0.15) is 0 Å². The summed E-state index contributed by atoms with van der Waals surface area (Å²) in [5.41, 5.74) is 1.31. The lowest BCUT2D eigenvalue weighted by atomic mass is 9.94. The zero-order valence-corrected chi connectivity index (χ0v) is 17.7. The molecule has 0 bridgehead atoms. The molecule has 1 heterocycles. The van der Waals surface area contributed by atoms with Crippen LogP contribution in [0.2, 0.25) is 0 Å². The van der Waals surface area contributed by atoms with E-state index >= 15 is 0 Å². The maximum atomic E-state index is 12.3. The second-order valence-electron chi connectivity index (χ2n) is 7.47. The predicted octanol–water partition coefficient (Wildman–Crippen LogP) is 2.99. The standard InChI is InChI=1S/C20H31N3O2.2ClH/c1-16(17-7-3-2-4-8-17)23-20(9-5-6-10-20)15-22-19(24)13-18-14-25-12-11-21-18;;/h2-4,7-8,16,18,21,23H,5-6,9-15H2,1H3,(H,22,24);2*1H. The summed E-state index contributed by atoms with van der Waals surface area (Å²) in [6.07, 6.45) is 5.18. The van der Waals surface area contributed by atoms with Gasteiger partial charge in [-0.1, -0.05) is 43.2 Å². The van der Waals surface area contributed by atoms with Crippen molar-refractivity contribution in [3.63, 3.8) is 0 Å². The van der Waals surface area contributed by atoms with E-state index in [1.54, 1.807) is 0 Å². The van der Waals surface area contributed by atoms with Crippen molar-refractivity contribution in [1.82, 2.24) is 16.0 Å². The predicted molar refractivity (Wildman–Crippen MR) is 114 cm³/mol. The maximum absolute atomic E-state index is 12.3. The number of nitrogens with one attached hydrogen (secondary N) is 3. The van der Waals surface area contributed by atoms with Crippen LogP contribution < -0.4 is 16.0 Å². The van der Waals surface area contributed by atoms with Crippen LogP contribution in [-0.4, -0.2) is 43.8 Å². The summed E-state index contributed by atoms with van der Waals surface area (Å²) in [4.78, 5) is 12.3. The maximum Gasteiger partial charge on any atom is 0.221 e. The summed E-state index contributed by atoms with van der Waals surface area (Å²) < 4.78 is 5.43. The van der Waals surface area contributed by atoms with E-state index in [2.05, 4.69) is 47.1 Å². The molecule has 0 spiro atoms. The van der Waals surface area contributed by atoms with Crippen LogP contribution in [0.1, 0.15) is 50.6 Å². The van der Waals surface area contributed by atoms with Crippen LogP contribution in [0.15, 0.2) is 30.3 Å². The van der Waals surface area contributed by atoms with Gasteiger partial charge >= 0.3 is 0 Å². The molecule has 2 fully saturated rings. The smallest absolute Gasteiger partial charge is 0.221 e. The van der Waals surface area contributed by atoms with Crippen LogP contribution in [0, 0.1) is 0 Å². The molecule has 7 heteroatoms. The Balaban J connectivity index is 0.00000182. The summed E-state index contributed by atoms with van der Waals surface area (Å²) in [7, 11) is 0. The highest BCUT2D eigenvalue weighted by molar-refractivity contribution is 5.85. The molecule has 154 valence electrons. The third-order valence-corrected chi connectivity index (χ3v) is 5.44. The van der Waals surface area contributed by atoms with Gasteiger partial charge in [-0.25, -0.2) is 0 Å². The molecule has 3 N–H and O–H groups in total. The second-order valence-corrected chi connectivity index (χ2v) is 7.47. The second kappa shape index (κ2) is 11.9. The van der Waals surface area contributed by atoms with Crippen LogP contribution in [-0.2, 0) is 9.53 Å². The van der Waals surface area contributed by atoms with Gasteiger partial charge in [0, 0.05) is 37.1 Å². The molecule has 3 rings (SSSR count). The number of carbonyl (C=O) groups excluding carboxylic acids is 1. The normalized spacial score (nSPS) is 22.2. The van der Waals surface area contributed by atoms with Crippen LogP contribution in [0.5, 0.6) is 0 Å². The SMILES string of the molecule is CC(NC1(CNC(=O)CC2COCCN2)CCCC1)c1ccccc1.Cl.Cl. The van der Waals surface area contributed by atoms with Gasteiger partial charge in [0.25, 0.3) is 0 Å². The number of amides is 1. The summed E-state index contributed by atoms with van der Waals surface area (Å²) in [5, 5.41) is 10.3. The quantitative estimate of drug-likeness (QED) is 0.637. The largest absolute Gasteiger partial charge is 0.378 e. The molecule has 1 aromatic rings. The van der Waals surface area contributed by atoms with Crippen LogP contribution in [0.3, 0.4) is 0 Å². The van der Waals surface area contributed by atoms with Crippen LogP contribution in [0.4, 0.5) is 0 Å². The fourth-order valence-electron chi connectivity index (χ4n) is 4.02. The molecule has 5 nitrogen and oxygen atoms in total. The summed E-state index contributed by atoms with van der Waals surface area (Å²) in [5.74, 6) is 0.114.